The van der Waals surface area contributed by atoms with Gasteiger partial charge in [0, 0.05) is 13.1 Å². The Hall–Kier alpha value is -2.66. The lowest BCUT2D eigenvalue weighted by Crippen LogP contribution is -2.31. The molecular formula is C19H20N2O3. The maximum atomic E-state index is 12.2. The molecule has 3 rings (SSSR count). The highest BCUT2D eigenvalue weighted by Gasteiger charge is 2.34. The summed E-state index contributed by atoms with van der Waals surface area (Å²) in [5.41, 5.74) is 2.03. The van der Waals surface area contributed by atoms with Gasteiger partial charge in [0.15, 0.2) is 0 Å². The number of nitrogens with one attached hydrogen (secondary N) is 1. The first-order valence-electron chi connectivity index (χ1n) is 8.10. The quantitative estimate of drug-likeness (QED) is 0.607. The van der Waals surface area contributed by atoms with Crippen molar-refractivity contribution in [1.29, 1.82) is 0 Å². The van der Waals surface area contributed by atoms with Crippen LogP contribution in [-0.2, 0) is 6.54 Å². The van der Waals surface area contributed by atoms with Crippen LogP contribution in [-0.4, -0.2) is 34.9 Å². The molecule has 5 heteroatoms. The number of amides is 2. The molecule has 5 nitrogen and oxygen atoms in total. The fourth-order valence-electron chi connectivity index (χ4n) is 2.86. The second-order valence-electron chi connectivity index (χ2n) is 5.86. The van der Waals surface area contributed by atoms with Crippen molar-refractivity contribution in [2.45, 2.75) is 19.4 Å². The second-order valence-corrected chi connectivity index (χ2v) is 5.86. The lowest BCUT2D eigenvalue weighted by atomic mass is 10.1. The van der Waals surface area contributed by atoms with Crippen molar-refractivity contribution in [2.75, 3.05) is 13.1 Å². The van der Waals surface area contributed by atoms with Crippen molar-refractivity contribution in [3.63, 3.8) is 0 Å². The summed E-state index contributed by atoms with van der Waals surface area (Å²) in [5.74, 6) is -0.119. The Labute approximate surface area is 140 Å². The maximum absolute atomic E-state index is 12.2. The Bertz CT molecular complexity index is 723. The van der Waals surface area contributed by atoms with E-state index >= 15 is 0 Å². The summed E-state index contributed by atoms with van der Waals surface area (Å²) in [6, 6.07) is 14.1. The van der Waals surface area contributed by atoms with Crippen LogP contribution in [0.25, 0.3) is 0 Å². The normalized spacial score (nSPS) is 13.4. The molecule has 1 aliphatic rings. The van der Waals surface area contributed by atoms with Crippen LogP contribution in [0.1, 0.15) is 39.1 Å². The van der Waals surface area contributed by atoms with Gasteiger partial charge >= 0.3 is 0 Å². The number of phenolic OH excluding ortho intramolecular Hbond substituents is 1. The Balaban J connectivity index is 1.40. The smallest absolute Gasteiger partial charge is 0.261 e. The van der Waals surface area contributed by atoms with Crippen LogP contribution in [0.3, 0.4) is 0 Å². The topological polar surface area (TPSA) is 69.6 Å². The van der Waals surface area contributed by atoms with Gasteiger partial charge in [0.05, 0.1) is 11.1 Å². The van der Waals surface area contributed by atoms with E-state index in [-0.39, 0.29) is 17.6 Å². The van der Waals surface area contributed by atoms with Gasteiger partial charge in [-0.25, -0.2) is 0 Å². The Morgan fingerprint density at radius 1 is 0.917 bits per heavy atom. The molecule has 0 radical (unpaired) electrons. The number of carbonyl (C=O) groups is 2. The molecule has 2 aromatic rings. The standard InChI is InChI=1S/C19H20N2O3/c22-15-7-5-6-14(12-15)13-20-10-3-4-11-21-18(23)16-8-1-2-9-17(16)19(21)24/h1-2,5-9,12,20,22H,3-4,10-11,13H2. The zero-order chi connectivity index (χ0) is 16.9. The lowest BCUT2D eigenvalue weighted by Gasteiger charge is -2.13. The van der Waals surface area contributed by atoms with Crippen molar-refractivity contribution >= 4 is 11.8 Å². The molecule has 2 N–H and O–H groups in total. The molecule has 0 unspecified atom stereocenters. The van der Waals surface area contributed by atoms with Gasteiger partial charge in [-0.05, 0) is 49.2 Å². The third kappa shape index (κ3) is 3.46. The van der Waals surface area contributed by atoms with E-state index in [4.69, 9.17) is 0 Å². The van der Waals surface area contributed by atoms with Gasteiger partial charge in [-0.3, -0.25) is 14.5 Å². The van der Waals surface area contributed by atoms with Crippen molar-refractivity contribution in [3.05, 3.63) is 65.2 Å². The molecule has 1 aliphatic heterocycles. The summed E-state index contributed by atoms with van der Waals surface area (Å²) in [6.07, 6.45) is 1.63. The Morgan fingerprint density at radius 2 is 1.62 bits per heavy atom. The predicted octanol–water partition coefficient (Wildman–Crippen LogP) is 2.56. The minimum absolute atomic E-state index is 0.191. The van der Waals surface area contributed by atoms with Gasteiger partial charge in [-0.1, -0.05) is 24.3 Å². The molecule has 2 amide bonds. The summed E-state index contributed by atoms with van der Waals surface area (Å²) in [7, 11) is 0. The number of carbonyl (C=O) groups excluding carboxylic acids is 2. The fraction of sp³-hybridized carbons (Fsp3) is 0.263. The van der Waals surface area contributed by atoms with Gasteiger partial charge in [-0.15, -0.1) is 0 Å². The van der Waals surface area contributed by atoms with Gasteiger partial charge in [0.2, 0.25) is 0 Å². The predicted molar refractivity (Wildman–Crippen MR) is 90.9 cm³/mol. The molecule has 1 heterocycles. The van der Waals surface area contributed by atoms with E-state index in [0.29, 0.717) is 24.2 Å². The number of rotatable bonds is 7. The molecule has 0 atom stereocenters. The maximum Gasteiger partial charge on any atom is 0.261 e. The van der Waals surface area contributed by atoms with E-state index in [1.54, 1.807) is 36.4 Å². The van der Waals surface area contributed by atoms with Crippen LogP contribution in [0.4, 0.5) is 0 Å². The molecule has 2 aromatic carbocycles. The van der Waals surface area contributed by atoms with E-state index in [1.165, 1.54) is 4.90 Å². The highest BCUT2D eigenvalue weighted by atomic mass is 16.3. The molecule has 0 aromatic heterocycles. The van der Waals surface area contributed by atoms with Crippen molar-refractivity contribution < 1.29 is 14.7 Å². The SMILES string of the molecule is O=C1c2ccccc2C(=O)N1CCCCNCc1cccc(O)c1. The zero-order valence-corrected chi connectivity index (χ0v) is 13.4. The number of unbranched alkanes of at least 4 members (excludes halogenated alkanes) is 1. The highest BCUT2D eigenvalue weighted by Crippen LogP contribution is 2.22. The second kappa shape index (κ2) is 7.27. The van der Waals surface area contributed by atoms with Crippen LogP contribution < -0.4 is 5.32 Å². The number of aromatic hydroxyl groups is 1. The summed E-state index contributed by atoms with van der Waals surface area (Å²) in [4.78, 5) is 25.8. The van der Waals surface area contributed by atoms with Crippen LogP contribution >= 0.6 is 0 Å². The number of fused-ring (bicyclic) bond motifs is 1. The highest BCUT2D eigenvalue weighted by molar-refractivity contribution is 6.21. The lowest BCUT2D eigenvalue weighted by molar-refractivity contribution is 0.0651. The first-order chi connectivity index (χ1) is 11.7. The molecular weight excluding hydrogens is 304 g/mol. The average molecular weight is 324 g/mol. The van der Waals surface area contributed by atoms with Crippen molar-refractivity contribution in [3.8, 4) is 5.75 Å². The molecule has 0 spiro atoms. The summed E-state index contributed by atoms with van der Waals surface area (Å²) >= 11 is 0. The third-order valence-corrected chi connectivity index (χ3v) is 4.10. The third-order valence-electron chi connectivity index (χ3n) is 4.10. The number of phenols is 1. The minimum Gasteiger partial charge on any atom is -0.508 e. The fourth-order valence-corrected chi connectivity index (χ4v) is 2.86. The average Bonchev–Trinajstić information content (AvgIpc) is 2.83. The van der Waals surface area contributed by atoms with Crippen LogP contribution in [0, 0.1) is 0 Å². The van der Waals surface area contributed by atoms with E-state index in [0.717, 1.165) is 24.9 Å². The molecule has 0 saturated carbocycles. The van der Waals surface area contributed by atoms with Gasteiger partial charge in [0.1, 0.15) is 5.75 Å². The Morgan fingerprint density at radius 3 is 2.29 bits per heavy atom. The molecule has 124 valence electrons. The molecule has 0 saturated heterocycles. The van der Waals surface area contributed by atoms with E-state index in [1.807, 2.05) is 12.1 Å². The zero-order valence-electron chi connectivity index (χ0n) is 13.4. The van der Waals surface area contributed by atoms with E-state index in [2.05, 4.69) is 5.32 Å². The molecule has 0 aliphatic carbocycles. The van der Waals surface area contributed by atoms with Crippen molar-refractivity contribution in [1.82, 2.24) is 10.2 Å². The summed E-state index contributed by atoms with van der Waals surface area (Å²) in [6.45, 7) is 1.92. The molecule has 0 bridgehead atoms. The number of hydrogen-bond acceptors (Lipinski definition) is 4. The monoisotopic (exact) mass is 324 g/mol. The molecule has 0 fully saturated rings. The van der Waals surface area contributed by atoms with Crippen LogP contribution in [0.2, 0.25) is 0 Å². The summed E-state index contributed by atoms with van der Waals surface area (Å²) < 4.78 is 0. The number of hydrogen-bond donors (Lipinski definition) is 2. The largest absolute Gasteiger partial charge is 0.508 e. The first-order valence-corrected chi connectivity index (χ1v) is 8.10. The van der Waals surface area contributed by atoms with E-state index < -0.39 is 0 Å². The van der Waals surface area contributed by atoms with Gasteiger partial charge in [-0.2, -0.15) is 0 Å². The van der Waals surface area contributed by atoms with Gasteiger partial charge < -0.3 is 10.4 Å². The first kappa shape index (κ1) is 16.2. The van der Waals surface area contributed by atoms with Crippen molar-refractivity contribution in [2.24, 2.45) is 0 Å². The number of imide groups is 1. The van der Waals surface area contributed by atoms with Crippen LogP contribution in [0.15, 0.2) is 48.5 Å². The van der Waals surface area contributed by atoms with Crippen LogP contribution in [0.5, 0.6) is 5.75 Å². The number of benzene rings is 2. The Kier molecular flexibility index (Phi) is 4.91. The minimum atomic E-state index is -0.191. The van der Waals surface area contributed by atoms with E-state index in [9.17, 15) is 14.7 Å². The van der Waals surface area contributed by atoms with Gasteiger partial charge in [0.25, 0.3) is 11.8 Å². The summed E-state index contributed by atoms with van der Waals surface area (Å²) in [5, 5.41) is 12.7. The molecule has 24 heavy (non-hydrogen) atoms. The number of nitrogens with zero attached hydrogens (tertiary/aromatic N) is 1.